The van der Waals surface area contributed by atoms with Crippen LogP contribution in [0.5, 0.6) is 0 Å². The Bertz CT molecular complexity index is 618. The van der Waals surface area contributed by atoms with E-state index in [1.807, 2.05) is 36.4 Å². The zero-order valence-electron chi connectivity index (χ0n) is 14.3. The topological polar surface area (TPSA) is 78.9 Å². The first kappa shape index (κ1) is 20.2. The summed E-state index contributed by atoms with van der Waals surface area (Å²) in [4.78, 5) is 35.1. The van der Waals surface area contributed by atoms with E-state index in [9.17, 15) is 14.4 Å². The molecular weight excluding hydrogens is 324 g/mol. The van der Waals surface area contributed by atoms with Crippen molar-refractivity contribution in [1.82, 2.24) is 0 Å². The van der Waals surface area contributed by atoms with Crippen molar-refractivity contribution in [2.75, 3.05) is 13.2 Å². The highest BCUT2D eigenvalue weighted by Gasteiger charge is 2.27. The van der Waals surface area contributed by atoms with E-state index in [1.54, 1.807) is 19.9 Å². The fourth-order valence-corrected chi connectivity index (χ4v) is 1.82. The van der Waals surface area contributed by atoms with Crippen LogP contribution < -0.4 is 0 Å². The number of esters is 3. The average Bonchev–Trinajstić information content (AvgIpc) is 2.59. The van der Waals surface area contributed by atoms with Gasteiger partial charge in [-0.3, -0.25) is 4.79 Å². The summed E-state index contributed by atoms with van der Waals surface area (Å²) in [5, 5.41) is 0. The predicted octanol–water partition coefficient (Wildman–Crippen LogP) is 2.68. The second-order valence-corrected chi connectivity index (χ2v) is 4.82. The second-order valence-electron chi connectivity index (χ2n) is 4.82. The van der Waals surface area contributed by atoms with Gasteiger partial charge in [-0.2, -0.15) is 0 Å². The summed E-state index contributed by atoms with van der Waals surface area (Å²) in [6.07, 6.45) is 4.42. The van der Waals surface area contributed by atoms with Gasteiger partial charge in [0.2, 0.25) is 6.10 Å². The number of benzene rings is 1. The zero-order valence-corrected chi connectivity index (χ0v) is 14.3. The quantitative estimate of drug-likeness (QED) is 0.296. The molecule has 0 aliphatic carbocycles. The molecule has 0 amide bonds. The largest absolute Gasteiger partial charge is 0.466 e. The monoisotopic (exact) mass is 346 g/mol. The highest BCUT2D eigenvalue weighted by molar-refractivity contribution is 5.88. The van der Waals surface area contributed by atoms with Crippen LogP contribution in [0.4, 0.5) is 0 Å². The molecule has 6 nitrogen and oxygen atoms in total. The standard InChI is InChI=1S/C19H22O6/c1-3-23-18(21)14-16(19(22)24-4-2)25-17(20)13-9-8-12-15-10-6-5-7-11-15/h5-13,16H,3-4,14H2,1-2H3/b12-8+,13-9+/t16-/m0/s1. The molecule has 0 aromatic heterocycles. The van der Waals surface area contributed by atoms with Gasteiger partial charge in [0.1, 0.15) is 0 Å². The van der Waals surface area contributed by atoms with Crippen LogP contribution in [0.1, 0.15) is 25.8 Å². The van der Waals surface area contributed by atoms with Crippen molar-refractivity contribution < 1.29 is 28.6 Å². The van der Waals surface area contributed by atoms with Crippen molar-refractivity contribution in [2.24, 2.45) is 0 Å². The highest BCUT2D eigenvalue weighted by Crippen LogP contribution is 2.06. The van der Waals surface area contributed by atoms with Gasteiger partial charge in [0.05, 0.1) is 19.6 Å². The molecule has 1 aromatic carbocycles. The van der Waals surface area contributed by atoms with E-state index in [0.29, 0.717) is 0 Å². The van der Waals surface area contributed by atoms with Crippen LogP contribution in [0.25, 0.3) is 6.08 Å². The van der Waals surface area contributed by atoms with Crippen LogP contribution >= 0.6 is 0 Å². The SMILES string of the molecule is CCOC(=O)C[C@H](OC(=O)/C=C/C=C/c1ccccc1)C(=O)OCC. The van der Waals surface area contributed by atoms with Gasteiger partial charge in [-0.1, -0.05) is 48.6 Å². The van der Waals surface area contributed by atoms with E-state index in [0.717, 1.165) is 11.6 Å². The first-order chi connectivity index (χ1) is 12.1. The summed E-state index contributed by atoms with van der Waals surface area (Å²) in [6.45, 7) is 3.55. The maximum absolute atomic E-state index is 11.8. The van der Waals surface area contributed by atoms with Crippen molar-refractivity contribution in [3.63, 3.8) is 0 Å². The summed E-state index contributed by atoms with van der Waals surface area (Å²) in [7, 11) is 0. The highest BCUT2D eigenvalue weighted by atomic mass is 16.6. The molecule has 6 heteroatoms. The number of rotatable bonds is 9. The maximum Gasteiger partial charge on any atom is 0.348 e. The van der Waals surface area contributed by atoms with Crippen LogP contribution in [0.2, 0.25) is 0 Å². The Hall–Kier alpha value is -2.89. The lowest BCUT2D eigenvalue weighted by molar-refractivity contribution is -0.169. The molecule has 0 fully saturated rings. The second kappa shape index (κ2) is 11.6. The molecule has 0 bridgehead atoms. The maximum atomic E-state index is 11.8. The molecule has 0 N–H and O–H groups in total. The van der Waals surface area contributed by atoms with Gasteiger partial charge in [0, 0.05) is 6.08 Å². The number of hydrogen-bond acceptors (Lipinski definition) is 6. The minimum Gasteiger partial charge on any atom is -0.466 e. The minimum atomic E-state index is -1.32. The molecule has 1 atom stereocenters. The molecule has 0 spiro atoms. The first-order valence-electron chi connectivity index (χ1n) is 7.99. The Morgan fingerprint density at radius 3 is 2.32 bits per heavy atom. The van der Waals surface area contributed by atoms with Crippen molar-refractivity contribution in [3.8, 4) is 0 Å². The number of carbonyl (C=O) groups is 3. The van der Waals surface area contributed by atoms with Crippen molar-refractivity contribution in [1.29, 1.82) is 0 Å². The lowest BCUT2D eigenvalue weighted by Crippen LogP contribution is -2.31. The fraction of sp³-hybridized carbons (Fsp3) is 0.316. The Morgan fingerprint density at radius 2 is 1.68 bits per heavy atom. The molecular formula is C19H22O6. The molecule has 134 valence electrons. The summed E-state index contributed by atoms with van der Waals surface area (Å²) >= 11 is 0. The van der Waals surface area contributed by atoms with Crippen LogP contribution in [0, 0.1) is 0 Å². The molecule has 0 unspecified atom stereocenters. The van der Waals surface area contributed by atoms with Gasteiger partial charge in [0.15, 0.2) is 0 Å². The lowest BCUT2D eigenvalue weighted by atomic mass is 10.2. The van der Waals surface area contributed by atoms with Gasteiger partial charge in [-0.05, 0) is 19.4 Å². The predicted molar refractivity (Wildman–Crippen MR) is 92.4 cm³/mol. The number of ether oxygens (including phenoxy) is 3. The third-order valence-electron chi connectivity index (χ3n) is 2.90. The number of allylic oxidation sites excluding steroid dienone is 2. The molecule has 0 aliphatic rings. The lowest BCUT2D eigenvalue weighted by Gasteiger charge is -2.14. The average molecular weight is 346 g/mol. The van der Waals surface area contributed by atoms with Crippen LogP contribution in [0.3, 0.4) is 0 Å². The van der Waals surface area contributed by atoms with Gasteiger partial charge in [-0.25, -0.2) is 9.59 Å². The molecule has 0 saturated heterocycles. The summed E-state index contributed by atoms with van der Waals surface area (Å²) < 4.78 is 14.6. The van der Waals surface area contributed by atoms with Crippen molar-refractivity contribution in [2.45, 2.75) is 26.4 Å². The molecule has 0 radical (unpaired) electrons. The molecule has 0 aliphatic heterocycles. The molecule has 1 rings (SSSR count). The first-order valence-corrected chi connectivity index (χ1v) is 7.99. The molecule has 25 heavy (non-hydrogen) atoms. The van der Waals surface area contributed by atoms with Gasteiger partial charge >= 0.3 is 17.9 Å². The summed E-state index contributed by atoms with van der Waals surface area (Å²) in [6, 6.07) is 9.54. The molecule has 0 saturated carbocycles. The van der Waals surface area contributed by atoms with Crippen LogP contribution in [-0.2, 0) is 28.6 Å². The van der Waals surface area contributed by atoms with Crippen molar-refractivity contribution in [3.05, 3.63) is 54.1 Å². The van der Waals surface area contributed by atoms with Gasteiger partial charge in [0.25, 0.3) is 0 Å². The molecule has 0 heterocycles. The summed E-state index contributed by atoms with van der Waals surface area (Å²) in [5.41, 5.74) is 0.979. The fourth-order valence-electron chi connectivity index (χ4n) is 1.82. The summed E-state index contributed by atoms with van der Waals surface area (Å²) in [5.74, 6) is -2.17. The third-order valence-corrected chi connectivity index (χ3v) is 2.90. The van der Waals surface area contributed by atoms with E-state index < -0.39 is 24.0 Å². The minimum absolute atomic E-state index is 0.116. The van der Waals surface area contributed by atoms with E-state index in [4.69, 9.17) is 14.2 Å². The van der Waals surface area contributed by atoms with E-state index in [1.165, 1.54) is 6.08 Å². The third kappa shape index (κ3) is 8.50. The normalized spacial score (nSPS) is 12.1. The Kier molecular flexibility index (Phi) is 9.36. The zero-order chi connectivity index (χ0) is 18.5. The Morgan fingerprint density at radius 1 is 1.00 bits per heavy atom. The van der Waals surface area contributed by atoms with Crippen LogP contribution in [-0.4, -0.2) is 37.2 Å². The van der Waals surface area contributed by atoms with Crippen LogP contribution in [0.15, 0.2) is 48.6 Å². The van der Waals surface area contributed by atoms with E-state index >= 15 is 0 Å². The van der Waals surface area contributed by atoms with E-state index in [-0.39, 0.29) is 19.6 Å². The van der Waals surface area contributed by atoms with E-state index in [2.05, 4.69) is 0 Å². The number of carbonyl (C=O) groups excluding carboxylic acids is 3. The molecule has 1 aromatic rings. The van der Waals surface area contributed by atoms with Crippen molar-refractivity contribution >= 4 is 24.0 Å². The Labute approximate surface area is 147 Å². The smallest absolute Gasteiger partial charge is 0.348 e. The number of hydrogen-bond donors (Lipinski definition) is 0. The Balaban J connectivity index is 2.60. The van der Waals surface area contributed by atoms with Gasteiger partial charge < -0.3 is 14.2 Å². The van der Waals surface area contributed by atoms with Gasteiger partial charge in [-0.15, -0.1) is 0 Å².